The summed E-state index contributed by atoms with van der Waals surface area (Å²) >= 11 is 0. The Hall–Kier alpha value is -3.75. The highest BCUT2D eigenvalue weighted by Crippen LogP contribution is 2.44. The van der Waals surface area contributed by atoms with Gasteiger partial charge in [-0.25, -0.2) is 14.4 Å². The SMILES string of the molecule is CC(C)(C)OC(=O)NCCCN(CCCNC(=O)OC(C)(C)C)C(=O)OCC1c2ccccc2-c2ccccc21. The molecule has 3 rings (SSSR count). The van der Waals surface area contributed by atoms with E-state index in [1.165, 1.54) is 0 Å². The molecule has 0 aromatic heterocycles. The molecule has 0 atom stereocenters. The van der Waals surface area contributed by atoms with Crippen molar-refractivity contribution in [2.75, 3.05) is 32.8 Å². The number of ether oxygens (including phenoxy) is 3. The minimum Gasteiger partial charge on any atom is -0.448 e. The molecule has 218 valence electrons. The quantitative estimate of drug-likeness (QED) is 0.273. The first kappa shape index (κ1) is 30.8. The van der Waals surface area contributed by atoms with E-state index in [1.807, 2.05) is 24.3 Å². The topological polar surface area (TPSA) is 106 Å². The van der Waals surface area contributed by atoms with Gasteiger partial charge in [-0.2, -0.15) is 0 Å². The van der Waals surface area contributed by atoms with Crippen molar-refractivity contribution in [3.8, 4) is 11.1 Å². The van der Waals surface area contributed by atoms with Crippen LogP contribution in [0.2, 0.25) is 0 Å². The van der Waals surface area contributed by atoms with E-state index in [9.17, 15) is 14.4 Å². The van der Waals surface area contributed by atoms with Crippen molar-refractivity contribution >= 4 is 18.3 Å². The molecule has 2 aromatic carbocycles. The molecule has 0 aliphatic heterocycles. The van der Waals surface area contributed by atoms with Crippen LogP contribution in [0.15, 0.2) is 48.5 Å². The first-order chi connectivity index (χ1) is 18.8. The zero-order valence-electron chi connectivity index (χ0n) is 24.5. The fourth-order valence-corrected chi connectivity index (χ4v) is 4.53. The average molecular weight is 554 g/mol. The van der Waals surface area contributed by atoms with Crippen molar-refractivity contribution in [1.29, 1.82) is 0 Å². The molecule has 0 radical (unpaired) electrons. The average Bonchev–Trinajstić information content (AvgIpc) is 3.18. The molecule has 0 heterocycles. The van der Waals surface area contributed by atoms with Gasteiger partial charge in [-0.15, -0.1) is 0 Å². The van der Waals surface area contributed by atoms with E-state index in [1.54, 1.807) is 46.4 Å². The number of fused-ring (bicyclic) bond motifs is 3. The highest BCUT2D eigenvalue weighted by molar-refractivity contribution is 5.79. The Bertz CT molecular complexity index is 1090. The van der Waals surface area contributed by atoms with Crippen molar-refractivity contribution in [3.63, 3.8) is 0 Å². The Labute approximate surface area is 237 Å². The molecule has 40 heavy (non-hydrogen) atoms. The van der Waals surface area contributed by atoms with Crippen LogP contribution < -0.4 is 10.6 Å². The van der Waals surface area contributed by atoms with Crippen molar-refractivity contribution in [1.82, 2.24) is 15.5 Å². The molecule has 1 aliphatic carbocycles. The summed E-state index contributed by atoms with van der Waals surface area (Å²) in [6.45, 7) is 12.5. The number of hydrogen-bond acceptors (Lipinski definition) is 6. The van der Waals surface area contributed by atoms with Gasteiger partial charge in [0, 0.05) is 32.1 Å². The number of nitrogens with one attached hydrogen (secondary N) is 2. The number of hydrogen-bond donors (Lipinski definition) is 2. The minimum atomic E-state index is -0.585. The van der Waals surface area contributed by atoms with E-state index in [2.05, 4.69) is 34.9 Å². The largest absolute Gasteiger partial charge is 0.448 e. The maximum Gasteiger partial charge on any atom is 0.409 e. The zero-order valence-corrected chi connectivity index (χ0v) is 24.5. The van der Waals surface area contributed by atoms with Gasteiger partial charge in [0.15, 0.2) is 0 Å². The number of amides is 3. The molecule has 1 aliphatic rings. The number of alkyl carbamates (subject to hydrolysis) is 2. The molecule has 0 fully saturated rings. The molecule has 0 saturated carbocycles. The number of rotatable bonds is 10. The molecule has 9 nitrogen and oxygen atoms in total. The molecule has 0 unspecified atom stereocenters. The molecule has 0 spiro atoms. The van der Waals surface area contributed by atoms with Crippen LogP contribution in [0.5, 0.6) is 0 Å². The van der Waals surface area contributed by atoms with Gasteiger partial charge in [-0.05, 0) is 76.6 Å². The van der Waals surface area contributed by atoms with Crippen molar-refractivity contribution in [2.24, 2.45) is 0 Å². The van der Waals surface area contributed by atoms with Gasteiger partial charge in [-0.1, -0.05) is 48.5 Å². The first-order valence-electron chi connectivity index (χ1n) is 13.9. The van der Waals surface area contributed by atoms with Crippen LogP contribution in [-0.2, 0) is 14.2 Å². The van der Waals surface area contributed by atoms with Crippen molar-refractivity contribution in [2.45, 2.75) is 71.5 Å². The molecule has 2 aromatic rings. The second-order valence-electron chi connectivity index (χ2n) is 11.9. The Morgan fingerprint density at radius 2 is 1.15 bits per heavy atom. The van der Waals surface area contributed by atoms with E-state index in [0.717, 1.165) is 22.3 Å². The van der Waals surface area contributed by atoms with Gasteiger partial charge in [0.05, 0.1) is 0 Å². The van der Waals surface area contributed by atoms with Crippen LogP contribution in [0.1, 0.15) is 71.4 Å². The third kappa shape index (κ3) is 9.47. The van der Waals surface area contributed by atoms with Crippen LogP contribution in [-0.4, -0.2) is 67.2 Å². The summed E-state index contributed by atoms with van der Waals surface area (Å²) in [5.41, 5.74) is 3.45. The molecule has 2 N–H and O–H groups in total. The summed E-state index contributed by atoms with van der Waals surface area (Å²) in [5, 5.41) is 5.45. The Morgan fingerprint density at radius 3 is 1.57 bits per heavy atom. The highest BCUT2D eigenvalue weighted by atomic mass is 16.6. The third-order valence-corrected chi connectivity index (χ3v) is 6.14. The summed E-state index contributed by atoms with van der Waals surface area (Å²) in [6.07, 6.45) is -0.397. The number of benzene rings is 2. The summed E-state index contributed by atoms with van der Waals surface area (Å²) in [4.78, 5) is 38.8. The van der Waals surface area contributed by atoms with E-state index in [4.69, 9.17) is 14.2 Å². The molecule has 0 bridgehead atoms. The summed E-state index contributed by atoms with van der Waals surface area (Å²) in [7, 11) is 0. The van der Waals surface area contributed by atoms with E-state index < -0.39 is 29.5 Å². The monoisotopic (exact) mass is 553 g/mol. The standard InChI is InChI=1S/C31H43N3O6/c1-30(2,3)39-27(35)32-17-11-19-34(20-12-18-33-28(36)40-31(4,5)6)29(37)38-21-26-24-15-9-7-13-22(24)23-14-8-10-16-25(23)26/h7-10,13-16,26H,11-12,17-21H2,1-6H3,(H,32,35)(H,33,36). The zero-order chi connectivity index (χ0) is 29.3. The Balaban J connectivity index is 1.57. The molecule has 3 amide bonds. The molecular formula is C31H43N3O6. The van der Waals surface area contributed by atoms with Gasteiger partial charge >= 0.3 is 18.3 Å². The predicted octanol–water partition coefficient (Wildman–Crippen LogP) is 6.07. The number of nitrogens with zero attached hydrogens (tertiary/aromatic N) is 1. The Kier molecular flexibility index (Phi) is 10.4. The lowest BCUT2D eigenvalue weighted by Crippen LogP contribution is -2.39. The normalized spacial score (nSPS) is 12.7. The first-order valence-corrected chi connectivity index (χ1v) is 13.9. The highest BCUT2D eigenvalue weighted by Gasteiger charge is 2.29. The third-order valence-electron chi connectivity index (χ3n) is 6.14. The van der Waals surface area contributed by atoms with E-state index in [-0.39, 0.29) is 12.5 Å². The fraction of sp³-hybridized carbons (Fsp3) is 0.516. The van der Waals surface area contributed by atoms with E-state index >= 15 is 0 Å². The molecule has 9 heteroatoms. The van der Waals surface area contributed by atoms with Crippen LogP contribution in [0.3, 0.4) is 0 Å². The van der Waals surface area contributed by atoms with Gasteiger partial charge in [0.1, 0.15) is 17.8 Å². The minimum absolute atomic E-state index is 0.0409. The van der Waals surface area contributed by atoms with Crippen LogP contribution in [0.4, 0.5) is 14.4 Å². The lowest BCUT2D eigenvalue weighted by Gasteiger charge is -2.24. The fourth-order valence-electron chi connectivity index (χ4n) is 4.53. The van der Waals surface area contributed by atoms with Crippen molar-refractivity contribution < 1.29 is 28.6 Å². The molecular weight excluding hydrogens is 510 g/mol. The van der Waals surface area contributed by atoms with Gasteiger partial charge < -0.3 is 29.7 Å². The lowest BCUT2D eigenvalue weighted by atomic mass is 9.98. The number of carbonyl (C=O) groups excluding carboxylic acids is 3. The lowest BCUT2D eigenvalue weighted by molar-refractivity contribution is 0.0516. The maximum absolute atomic E-state index is 13.2. The van der Waals surface area contributed by atoms with Gasteiger partial charge in [-0.3, -0.25) is 0 Å². The maximum atomic E-state index is 13.2. The number of carbonyl (C=O) groups is 3. The smallest absolute Gasteiger partial charge is 0.409 e. The van der Waals surface area contributed by atoms with Crippen LogP contribution in [0.25, 0.3) is 11.1 Å². The van der Waals surface area contributed by atoms with Gasteiger partial charge in [0.25, 0.3) is 0 Å². The van der Waals surface area contributed by atoms with E-state index in [0.29, 0.717) is 39.0 Å². The van der Waals surface area contributed by atoms with Crippen LogP contribution in [0, 0.1) is 0 Å². The summed E-state index contributed by atoms with van der Waals surface area (Å²) < 4.78 is 16.4. The second-order valence-corrected chi connectivity index (χ2v) is 11.9. The van der Waals surface area contributed by atoms with Crippen molar-refractivity contribution in [3.05, 3.63) is 59.7 Å². The molecule has 0 saturated heterocycles. The summed E-state index contributed by atoms with van der Waals surface area (Å²) in [5.74, 6) is -0.0409. The van der Waals surface area contributed by atoms with Gasteiger partial charge in [0.2, 0.25) is 0 Å². The van der Waals surface area contributed by atoms with Crippen LogP contribution >= 0.6 is 0 Å². The summed E-state index contributed by atoms with van der Waals surface area (Å²) in [6, 6.07) is 16.4. The Morgan fingerprint density at radius 1 is 0.725 bits per heavy atom. The second kappa shape index (κ2) is 13.5. The predicted molar refractivity (Wildman–Crippen MR) is 154 cm³/mol.